The van der Waals surface area contributed by atoms with E-state index in [1.165, 1.54) is 11.8 Å². The zero-order chi connectivity index (χ0) is 11.5. The van der Waals surface area contributed by atoms with Crippen molar-refractivity contribution in [1.29, 1.82) is 0 Å². The molecule has 1 amide bonds. The third-order valence-corrected chi connectivity index (χ3v) is 3.55. The second kappa shape index (κ2) is 4.57. The Hall–Kier alpha value is -1.49. The van der Waals surface area contributed by atoms with Crippen molar-refractivity contribution >= 4 is 29.3 Å². The molecule has 1 unspecified atom stereocenters. The Bertz CT molecular complexity index is 433. The van der Waals surface area contributed by atoms with Gasteiger partial charge >= 0.3 is 5.97 Å². The van der Waals surface area contributed by atoms with Crippen molar-refractivity contribution in [3.8, 4) is 0 Å². The second-order valence-corrected chi connectivity index (χ2v) is 4.93. The number of rotatable bonds is 2. The van der Waals surface area contributed by atoms with Gasteiger partial charge in [0, 0.05) is 16.6 Å². The maximum absolute atomic E-state index is 11.5. The van der Waals surface area contributed by atoms with Crippen LogP contribution in [0.4, 0.5) is 5.69 Å². The minimum absolute atomic E-state index is 0.00637. The van der Waals surface area contributed by atoms with Crippen molar-refractivity contribution in [2.75, 3.05) is 5.32 Å². The molecule has 1 aromatic rings. The molecule has 2 N–H and O–H groups in total. The molecule has 0 radical (unpaired) electrons. The number of aliphatic carboxylic acids is 1. The summed E-state index contributed by atoms with van der Waals surface area (Å²) in [5.41, 5.74) is 0.769. The Morgan fingerprint density at radius 3 is 3.00 bits per heavy atom. The zero-order valence-electron chi connectivity index (χ0n) is 8.47. The van der Waals surface area contributed by atoms with Crippen LogP contribution in [0.25, 0.3) is 0 Å². The van der Waals surface area contributed by atoms with E-state index in [2.05, 4.69) is 5.32 Å². The van der Waals surface area contributed by atoms with E-state index in [0.717, 1.165) is 10.6 Å². The molecule has 1 heterocycles. The van der Waals surface area contributed by atoms with Crippen LogP contribution in [0.3, 0.4) is 0 Å². The Morgan fingerprint density at radius 2 is 2.25 bits per heavy atom. The molecule has 0 aromatic heterocycles. The SMILES string of the molecule is O=C(O)CC1CC(=O)Nc2ccccc2S1. The highest BCUT2D eigenvalue weighted by Crippen LogP contribution is 2.36. The topological polar surface area (TPSA) is 66.4 Å². The molecule has 1 aliphatic heterocycles. The van der Waals surface area contributed by atoms with Gasteiger partial charge in [0.05, 0.1) is 12.1 Å². The molecule has 1 aromatic carbocycles. The molecule has 0 bridgehead atoms. The zero-order valence-corrected chi connectivity index (χ0v) is 9.29. The average molecular weight is 237 g/mol. The van der Waals surface area contributed by atoms with Crippen molar-refractivity contribution in [2.45, 2.75) is 23.0 Å². The number of fused-ring (bicyclic) bond motifs is 1. The Morgan fingerprint density at radius 1 is 1.50 bits per heavy atom. The normalized spacial score (nSPS) is 19.5. The standard InChI is InChI=1S/C11H11NO3S/c13-10-5-7(6-11(14)15)16-9-4-2-1-3-8(9)12-10/h1-4,7H,5-6H2,(H,12,13)(H,14,15). The quantitative estimate of drug-likeness (QED) is 0.825. The van der Waals surface area contributed by atoms with E-state index in [0.29, 0.717) is 0 Å². The first-order valence-corrected chi connectivity index (χ1v) is 5.80. The van der Waals surface area contributed by atoms with E-state index in [1.807, 2.05) is 24.3 Å². The minimum Gasteiger partial charge on any atom is -0.481 e. The number of anilines is 1. The van der Waals surface area contributed by atoms with Crippen LogP contribution in [0, 0.1) is 0 Å². The fourth-order valence-electron chi connectivity index (χ4n) is 1.61. The van der Waals surface area contributed by atoms with E-state index < -0.39 is 5.97 Å². The van der Waals surface area contributed by atoms with Crippen LogP contribution in [-0.4, -0.2) is 22.2 Å². The minimum atomic E-state index is -0.871. The fourth-order valence-corrected chi connectivity index (χ4v) is 2.83. The molecule has 4 nitrogen and oxygen atoms in total. The predicted octanol–water partition coefficient (Wildman–Crippen LogP) is 1.96. The van der Waals surface area contributed by atoms with Gasteiger partial charge in [-0.15, -0.1) is 11.8 Å². The molecular formula is C11H11NO3S. The first-order chi connectivity index (χ1) is 7.65. The van der Waals surface area contributed by atoms with E-state index in [1.54, 1.807) is 0 Å². The number of amides is 1. The van der Waals surface area contributed by atoms with Crippen LogP contribution in [0.2, 0.25) is 0 Å². The molecule has 5 heteroatoms. The molecule has 0 fully saturated rings. The molecule has 1 atom stereocenters. The fraction of sp³-hybridized carbons (Fsp3) is 0.273. The predicted molar refractivity (Wildman–Crippen MR) is 61.6 cm³/mol. The highest BCUT2D eigenvalue weighted by atomic mass is 32.2. The van der Waals surface area contributed by atoms with Gasteiger partial charge in [0.1, 0.15) is 0 Å². The number of hydrogen-bond donors (Lipinski definition) is 2. The summed E-state index contributed by atoms with van der Waals surface area (Å²) in [5, 5.41) is 11.3. The van der Waals surface area contributed by atoms with Gasteiger partial charge in [-0.3, -0.25) is 9.59 Å². The maximum atomic E-state index is 11.5. The third kappa shape index (κ3) is 2.55. The summed E-state index contributed by atoms with van der Waals surface area (Å²) in [7, 11) is 0. The summed E-state index contributed by atoms with van der Waals surface area (Å²) >= 11 is 1.45. The number of carboxylic acid groups (broad SMARTS) is 1. The molecule has 1 aliphatic rings. The van der Waals surface area contributed by atoms with Gasteiger partial charge in [-0.2, -0.15) is 0 Å². The van der Waals surface area contributed by atoms with E-state index in [-0.39, 0.29) is 24.0 Å². The third-order valence-electron chi connectivity index (χ3n) is 2.27. The molecule has 0 saturated carbocycles. The molecule has 0 aliphatic carbocycles. The molecule has 0 spiro atoms. The number of para-hydroxylation sites is 1. The number of carboxylic acids is 1. The van der Waals surface area contributed by atoms with E-state index >= 15 is 0 Å². The summed E-state index contributed by atoms with van der Waals surface area (Å²) in [6.45, 7) is 0. The molecular weight excluding hydrogens is 226 g/mol. The van der Waals surface area contributed by atoms with Crippen molar-refractivity contribution < 1.29 is 14.7 Å². The van der Waals surface area contributed by atoms with Crippen LogP contribution in [-0.2, 0) is 9.59 Å². The lowest BCUT2D eigenvalue weighted by atomic mass is 10.2. The molecule has 84 valence electrons. The average Bonchev–Trinajstić information content (AvgIpc) is 2.33. The Balaban J connectivity index is 2.23. The maximum Gasteiger partial charge on any atom is 0.304 e. The number of nitrogens with one attached hydrogen (secondary N) is 1. The Kier molecular flexibility index (Phi) is 3.14. The second-order valence-electron chi connectivity index (χ2n) is 3.59. The largest absolute Gasteiger partial charge is 0.481 e. The smallest absolute Gasteiger partial charge is 0.304 e. The first-order valence-electron chi connectivity index (χ1n) is 4.92. The van der Waals surface area contributed by atoms with Crippen molar-refractivity contribution in [2.24, 2.45) is 0 Å². The summed E-state index contributed by atoms with van der Waals surface area (Å²) in [5.74, 6) is -0.992. The van der Waals surface area contributed by atoms with Crippen molar-refractivity contribution in [3.05, 3.63) is 24.3 Å². The van der Waals surface area contributed by atoms with Crippen molar-refractivity contribution in [1.82, 2.24) is 0 Å². The van der Waals surface area contributed by atoms with Crippen LogP contribution < -0.4 is 5.32 Å². The lowest BCUT2D eigenvalue weighted by molar-refractivity contribution is -0.137. The number of carbonyl (C=O) groups is 2. The summed E-state index contributed by atoms with van der Waals surface area (Å²) in [6, 6.07) is 7.43. The van der Waals surface area contributed by atoms with Crippen LogP contribution in [0.5, 0.6) is 0 Å². The van der Waals surface area contributed by atoms with E-state index in [4.69, 9.17) is 5.11 Å². The highest BCUT2D eigenvalue weighted by molar-refractivity contribution is 8.00. The lowest BCUT2D eigenvalue weighted by Crippen LogP contribution is -2.17. The van der Waals surface area contributed by atoms with Crippen LogP contribution in [0.15, 0.2) is 29.2 Å². The number of hydrogen-bond acceptors (Lipinski definition) is 3. The summed E-state index contributed by atoms with van der Waals surface area (Å²) in [4.78, 5) is 23.1. The summed E-state index contributed by atoms with van der Waals surface area (Å²) in [6.07, 6.45) is 0.248. The number of benzene rings is 1. The van der Waals surface area contributed by atoms with Gasteiger partial charge in [0.2, 0.25) is 5.91 Å². The van der Waals surface area contributed by atoms with Gasteiger partial charge in [0.25, 0.3) is 0 Å². The first kappa shape index (κ1) is 11.0. The van der Waals surface area contributed by atoms with Crippen LogP contribution in [0.1, 0.15) is 12.8 Å². The van der Waals surface area contributed by atoms with Gasteiger partial charge in [-0.25, -0.2) is 0 Å². The summed E-state index contributed by atoms with van der Waals surface area (Å²) < 4.78 is 0. The van der Waals surface area contributed by atoms with Crippen LogP contribution >= 0.6 is 11.8 Å². The number of carbonyl (C=O) groups excluding carboxylic acids is 1. The highest BCUT2D eigenvalue weighted by Gasteiger charge is 2.23. The Labute approximate surface area is 97.0 Å². The van der Waals surface area contributed by atoms with Gasteiger partial charge in [0.15, 0.2) is 0 Å². The van der Waals surface area contributed by atoms with E-state index in [9.17, 15) is 9.59 Å². The lowest BCUT2D eigenvalue weighted by Gasteiger charge is -2.09. The number of thioether (sulfide) groups is 1. The molecule has 2 rings (SSSR count). The van der Waals surface area contributed by atoms with Gasteiger partial charge in [-0.05, 0) is 12.1 Å². The monoisotopic (exact) mass is 237 g/mol. The van der Waals surface area contributed by atoms with Gasteiger partial charge < -0.3 is 10.4 Å². The molecule has 16 heavy (non-hydrogen) atoms. The van der Waals surface area contributed by atoms with Gasteiger partial charge in [-0.1, -0.05) is 12.1 Å². The molecule has 0 saturated heterocycles. The van der Waals surface area contributed by atoms with Crippen molar-refractivity contribution in [3.63, 3.8) is 0 Å².